The molecule has 0 fully saturated rings. The molecule has 0 radical (unpaired) electrons. The highest BCUT2D eigenvalue weighted by molar-refractivity contribution is 6.31. The van der Waals surface area contributed by atoms with Crippen molar-refractivity contribution < 1.29 is 14.3 Å². The standard InChI is InChI=1S/C15H14ClN3O3/c1-22-14-6-5-12(8-17-14)19-13(20)9-18-15(21)10-3-2-4-11(16)7-10/h2-8H,9H2,1H3,(H,18,21)(H,19,20). The zero-order chi connectivity index (χ0) is 15.9. The lowest BCUT2D eigenvalue weighted by molar-refractivity contribution is -0.115. The van der Waals surface area contributed by atoms with Crippen LogP contribution in [0.1, 0.15) is 10.4 Å². The summed E-state index contributed by atoms with van der Waals surface area (Å²) in [7, 11) is 1.51. The van der Waals surface area contributed by atoms with Crippen molar-refractivity contribution in [3.05, 3.63) is 53.2 Å². The molecule has 2 amide bonds. The van der Waals surface area contributed by atoms with Crippen molar-refractivity contribution in [2.45, 2.75) is 0 Å². The molecule has 0 saturated heterocycles. The number of hydrogen-bond acceptors (Lipinski definition) is 4. The van der Waals surface area contributed by atoms with E-state index < -0.39 is 0 Å². The first-order valence-corrected chi connectivity index (χ1v) is 6.80. The molecule has 2 N–H and O–H groups in total. The third-order valence-corrected chi connectivity index (χ3v) is 2.96. The molecule has 0 saturated carbocycles. The highest BCUT2D eigenvalue weighted by Crippen LogP contribution is 2.11. The fourth-order valence-corrected chi connectivity index (χ4v) is 1.86. The van der Waals surface area contributed by atoms with Gasteiger partial charge in [-0.25, -0.2) is 4.98 Å². The Morgan fingerprint density at radius 3 is 2.73 bits per heavy atom. The summed E-state index contributed by atoms with van der Waals surface area (Å²) in [6.07, 6.45) is 1.47. The normalized spacial score (nSPS) is 9.91. The third-order valence-electron chi connectivity index (χ3n) is 2.73. The van der Waals surface area contributed by atoms with Gasteiger partial charge in [0.1, 0.15) is 0 Å². The minimum Gasteiger partial charge on any atom is -0.481 e. The predicted octanol–water partition coefficient (Wildman–Crippen LogP) is 2.11. The van der Waals surface area contributed by atoms with E-state index in [9.17, 15) is 9.59 Å². The summed E-state index contributed by atoms with van der Waals surface area (Å²) in [5.41, 5.74) is 0.911. The summed E-state index contributed by atoms with van der Waals surface area (Å²) in [5, 5.41) is 5.59. The van der Waals surface area contributed by atoms with E-state index in [-0.39, 0.29) is 18.4 Å². The molecule has 2 aromatic rings. The van der Waals surface area contributed by atoms with Crippen LogP contribution in [0.4, 0.5) is 5.69 Å². The van der Waals surface area contributed by atoms with Crippen LogP contribution in [0.3, 0.4) is 0 Å². The zero-order valence-corrected chi connectivity index (χ0v) is 12.6. The zero-order valence-electron chi connectivity index (χ0n) is 11.8. The molecule has 0 aliphatic heterocycles. The molecule has 6 nitrogen and oxygen atoms in total. The van der Waals surface area contributed by atoms with Gasteiger partial charge in [0.2, 0.25) is 11.8 Å². The summed E-state index contributed by atoms with van der Waals surface area (Å²) in [6, 6.07) is 9.76. The Morgan fingerprint density at radius 2 is 2.09 bits per heavy atom. The SMILES string of the molecule is COc1ccc(NC(=O)CNC(=O)c2cccc(Cl)c2)cn1. The topological polar surface area (TPSA) is 80.3 Å². The van der Waals surface area contributed by atoms with Gasteiger partial charge < -0.3 is 15.4 Å². The Bertz CT molecular complexity index is 674. The first-order chi connectivity index (χ1) is 10.6. The van der Waals surface area contributed by atoms with E-state index in [2.05, 4.69) is 15.6 Å². The van der Waals surface area contributed by atoms with Crippen LogP contribution in [0.15, 0.2) is 42.6 Å². The Hall–Kier alpha value is -2.60. The second-order valence-corrected chi connectivity index (χ2v) is 4.77. The first-order valence-electron chi connectivity index (χ1n) is 6.42. The minimum absolute atomic E-state index is 0.155. The number of carbonyl (C=O) groups excluding carboxylic acids is 2. The van der Waals surface area contributed by atoms with Crippen molar-refractivity contribution in [2.75, 3.05) is 19.0 Å². The number of nitrogens with one attached hydrogen (secondary N) is 2. The van der Waals surface area contributed by atoms with Gasteiger partial charge in [-0.15, -0.1) is 0 Å². The van der Waals surface area contributed by atoms with Gasteiger partial charge in [0, 0.05) is 16.7 Å². The number of ether oxygens (including phenoxy) is 1. The number of halogens is 1. The fourth-order valence-electron chi connectivity index (χ4n) is 1.67. The second-order valence-electron chi connectivity index (χ2n) is 4.33. The van der Waals surface area contributed by atoms with Crippen molar-refractivity contribution in [1.82, 2.24) is 10.3 Å². The van der Waals surface area contributed by atoms with Gasteiger partial charge in [0.05, 0.1) is 25.5 Å². The molecule has 1 aromatic heterocycles. The Kier molecular flexibility index (Phi) is 5.32. The van der Waals surface area contributed by atoms with Crippen molar-refractivity contribution in [3.63, 3.8) is 0 Å². The maximum atomic E-state index is 11.9. The molecule has 114 valence electrons. The summed E-state index contributed by atoms with van der Waals surface area (Å²) in [5.74, 6) is -0.278. The van der Waals surface area contributed by atoms with E-state index in [1.54, 1.807) is 30.3 Å². The number of benzene rings is 1. The number of amides is 2. The molecule has 0 aliphatic rings. The molecule has 0 atom stereocenters. The average Bonchev–Trinajstić information content (AvgIpc) is 2.53. The maximum absolute atomic E-state index is 11.9. The summed E-state index contributed by atoms with van der Waals surface area (Å²) < 4.78 is 4.92. The highest BCUT2D eigenvalue weighted by Gasteiger charge is 2.08. The van der Waals surface area contributed by atoms with Gasteiger partial charge in [0.25, 0.3) is 5.91 Å². The van der Waals surface area contributed by atoms with Crippen molar-refractivity contribution in [2.24, 2.45) is 0 Å². The third kappa shape index (κ3) is 4.46. The molecule has 0 spiro atoms. The van der Waals surface area contributed by atoms with Crippen LogP contribution < -0.4 is 15.4 Å². The first kappa shape index (κ1) is 15.8. The summed E-state index contributed by atoms with van der Waals surface area (Å²) in [6.45, 7) is -0.155. The highest BCUT2D eigenvalue weighted by atomic mass is 35.5. The molecular formula is C15H14ClN3O3. The van der Waals surface area contributed by atoms with Gasteiger partial charge in [0.15, 0.2) is 0 Å². The molecule has 7 heteroatoms. The summed E-state index contributed by atoms with van der Waals surface area (Å²) in [4.78, 5) is 27.6. The number of carbonyl (C=O) groups is 2. The largest absolute Gasteiger partial charge is 0.481 e. The average molecular weight is 320 g/mol. The van der Waals surface area contributed by atoms with Crippen LogP contribution in [-0.2, 0) is 4.79 Å². The molecule has 2 rings (SSSR count). The van der Waals surface area contributed by atoms with E-state index in [0.717, 1.165) is 0 Å². The van der Waals surface area contributed by atoms with Gasteiger partial charge in [-0.3, -0.25) is 9.59 Å². The maximum Gasteiger partial charge on any atom is 0.251 e. The number of rotatable bonds is 5. The number of hydrogen-bond donors (Lipinski definition) is 2. The van der Waals surface area contributed by atoms with Crippen molar-refractivity contribution in [1.29, 1.82) is 0 Å². The second kappa shape index (κ2) is 7.42. The molecule has 22 heavy (non-hydrogen) atoms. The minimum atomic E-state index is -0.370. The van der Waals surface area contributed by atoms with Gasteiger partial charge >= 0.3 is 0 Å². The van der Waals surface area contributed by atoms with Crippen LogP contribution in [0.25, 0.3) is 0 Å². The number of aromatic nitrogens is 1. The molecule has 0 unspecified atom stereocenters. The van der Waals surface area contributed by atoms with Crippen molar-refractivity contribution >= 4 is 29.1 Å². The Balaban J connectivity index is 1.85. The van der Waals surface area contributed by atoms with E-state index in [1.807, 2.05) is 0 Å². The van der Waals surface area contributed by atoms with Crippen LogP contribution >= 0.6 is 11.6 Å². The molecule has 1 heterocycles. The van der Waals surface area contributed by atoms with Gasteiger partial charge in [-0.1, -0.05) is 17.7 Å². The van der Waals surface area contributed by atoms with Gasteiger partial charge in [-0.05, 0) is 24.3 Å². The molecule has 0 bridgehead atoms. The van der Waals surface area contributed by atoms with E-state index in [1.165, 1.54) is 19.4 Å². The number of nitrogens with zero attached hydrogens (tertiary/aromatic N) is 1. The van der Waals surface area contributed by atoms with E-state index in [4.69, 9.17) is 16.3 Å². The molecular weight excluding hydrogens is 306 g/mol. The fraction of sp³-hybridized carbons (Fsp3) is 0.133. The van der Waals surface area contributed by atoms with Crippen LogP contribution in [0.2, 0.25) is 5.02 Å². The number of pyridine rings is 1. The van der Waals surface area contributed by atoms with Crippen LogP contribution in [0, 0.1) is 0 Å². The molecule has 0 aliphatic carbocycles. The number of methoxy groups -OCH3 is 1. The summed E-state index contributed by atoms with van der Waals surface area (Å²) >= 11 is 5.81. The Labute approximate surface area is 132 Å². The lowest BCUT2D eigenvalue weighted by atomic mass is 10.2. The number of anilines is 1. The lowest BCUT2D eigenvalue weighted by Crippen LogP contribution is -2.32. The lowest BCUT2D eigenvalue weighted by Gasteiger charge is -2.07. The predicted molar refractivity (Wildman–Crippen MR) is 83.2 cm³/mol. The quantitative estimate of drug-likeness (QED) is 0.884. The Morgan fingerprint density at radius 1 is 1.27 bits per heavy atom. The van der Waals surface area contributed by atoms with Crippen LogP contribution in [0.5, 0.6) is 5.88 Å². The smallest absolute Gasteiger partial charge is 0.251 e. The van der Waals surface area contributed by atoms with E-state index >= 15 is 0 Å². The van der Waals surface area contributed by atoms with Crippen LogP contribution in [-0.4, -0.2) is 30.5 Å². The molecule has 1 aromatic carbocycles. The van der Waals surface area contributed by atoms with Gasteiger partial charge in [-0.2, -0.15) is 0 Å². The van der Waals surface area contributed by atoms with E-state index in [0.29, 0.717) is 22.2 Å². The monoisotopic (exact) mass is 319 g/mol. The van der Waals surface area contributed by atoms with Crippen molar-refractivity contribution in [3.8, 4) is 5.88 Å².